The molecule has 4 aromatic carbocycles. The van der Waals surface area contributed by atoms with Gasteiger partial charge in [-0.1, -0.05) is 0 Å². The van der Waals surface area contributed by atoms with Gasteiger partial charge in [-0.05, 0) is 0 Å². The van der Waals surface area contributed by atoms with Gasteiger partial charge in [0.15, 0.2) is 0 Å². The number of benzene rings is 4. The Balaban J connectivity index is 0.00000384. The van der Waals surface area contributed by atoms with Gasteiger partial charge >= 0.3 is 358 Å². The van der Waals surface area contributed by atoms with E-state index in [0.29, 0.717) is 13.3 Å². The molecule has 0 aromatic heterocycles. The topological polar surface area (TPSA) is 9.23 Å². The first-order chi connectivity index (χ1) is 26.8. The summed E-state index contributed by atoms with van der Waals surface area (Å²) in [4.78, 5) is 0. The van der Waals surface area contributed by atoms with Crippen molar-refractivity contribution in [1.29, 1.82) is 0 Å². The summed E-state index contributed by atoms with van der Waals surface area (Å²) in [6.07, 6.45) is 8.71. The molecule has 5 heteroatoms. The zero-order chi connectivity index (χ0) is 41.4. The zero-order valence-electron chi connectivity index (χ0n) is 38.8. The van der Waals surface area contributed by atoms with Crippen LogP contribution in [0.3, 0.4) is 0 Å². The molecule has 0 fully saturated rings. The molecular formula is C54H72Cl2HfOSi. The van der Waals surface area contributed by atoms with E-state index in [2.05, 4.69) is 187 Å². The van der Waals surface area contributed by atoms with Gasteiger partial charge in [0.05, 0.1) is 0 Å². The Morgan fingerprint density at radius 2 is 1.14 bits per heavy atom. The number of hydrogen-bond acceptors (Lipinski definition) is 1. The van der Waals surface area contributed by atoms with Crippen molar-refractivity contribution in [3.63, 3.8) is 0 Å². The van der Waals surface area contributed by atoms with Gasteiger partial charge in [0.1, 0.15) is 0 Å². The largest absolute Gasteiger partial charge is 1.00 e. The molecule has 316 valence electrons. The van der Waals surface area contributed by atoms with Gasteiger partial charge in [0.2, 0.25) is 0 Å². The monoisotopic (exact) mass is 1010 g/mol. The van der Waals surface area contributed by atoms with Crippen LogP contribution in [0.1, 0.15) is 156 Å². The second-order valence-corrected chi connectivity index (χ2v) is 45.6. The van der Waals surface area contributed by atoms with Crippen molar-refractivity contribution in [3.05, 3.63) is 129 Å². The van der Waals surface area contributed by atoms with Crippen LogP contribution in [0.25, 0.3) is 33.9 Å². The molecule has 0 spiro atoms. The molecule has 59 heavy (non-hydrogen) atoms. The summed E-state index contributed by atoms with van der Waals surface area (Å²) in [6.45, 7) is 34.1. The second kappa shape index (κ2) is 20.0. The third-order valence-electron chi connectivity index (χ3n) is 12.6. The van der Waals surface area contributed by atoms with Gasteiger partial charge in [-0.25, -0.2) is 0 Å². The van der Waals surface area contributed by atoms with Gasteiger partial charge in [-0.3, -0.25) is 0 Å². The number of halogens is 2. The fourth-order valence-electron chi connectivity index (χ4n) is 9.42. The molecule has 0 bridgehead atoms. The Bertz CT molecular complexity index is 2170. The van der Waals surface area contributed by atoms with Crippen molar-refractivity contribution < 1.29 is 49.6 Å². The molecule has 1 nitrogen and oxygen atoms in total. The van der Waals surface area contributed by atoms with Gasteiger partial charge < -0.3 is 24.8 Å². The van der Waals surface area contributed by atoms with E-state index in [1.165, 1.54) is 64.6 Å². The van der Waals surface area contributed by atoms with E-state index in [1.807, 2.05) is 0 Å². The van der Waals surface area contributed by atoms with E-state index in [9.17, 15) is 0 Å². The fraction of sp³-hybridized carbons (Fsp3) is 0.481. The van der Waals surface area contributed by atoms with E-state index in [-0.39, 0.29) is 41.2 Å². The summed E-state index contributed by atoms with van der Waals surface area (Å²) < 4.78 is 7.31. The van der Waals surface area contributed by atoms with Crippen molar-refractivity contribution in [3.8, 4) is 22.3 Å². The van der Waals surface area contributed by atoms with Crippen LogP contribution >= 0.6 is 0 Å². The summed E-state index contributed by atoms with van der Waals surface area (Å²) in [5.41, 5.74) is 19.5. The molecule has 0 amide bonds. The molecule has 0 heterocycles. The van der Waals surface area contributed by atoms with Crippen molar-refractivity contribution in [2.45, 2.75) is 152 Å². The molecule has 2 unspecified atom stereocenters. The van der Waals surface area contributed by atoms with Gasteiger partial charge in [0.25, 0.3) is 0 Å². The van der Waals surface area contributed by atoms with Gasteiger partial charge in [-0.15, -0.1) is 0 Å². The van der Waals surface area contributed by atoms with Crippen LogP contribution in [0.4, 0.5) is 0 Å². The van der Waals surface area contributed by atoms with Gasteiger partial charge in [0, 0.05) is 0 Å². The van der Waals surface area contributed by atoms with Crippen molar-refractivity contribution >= 4 is 17.1 Å². The fourth-order valence-corrected chi connectivity index (χ4v) is 39.2. The minimum absolute atomic E-state index is 0. The normalized spacial score (nSPS) is 16.2. The quantitative estimate of drug-likeness (QED) is 0.102. The number of hydrogen-bond donors (Lipinski definition) is 0. The number of fused-ring (bicyclic) bond motifs is 2. The third kappa shape index (κ3) is 11.1. The molecular weight excluding hydrogens is 942 g/mol. The van der Waals surface area contributed by atoms with Crippen molar-refractivity contribution in [2.24, 2.45) is 5.92 Å². The minimum Gasteiger partial charge on any atom is -1.00 e. The molecule has 2 aliphatic rings. The van der Waals surface area contributed by atoms with E-state index in [0.717, 1.165) is 13.0 Å². The molecule has 4 aromatic rings. The maximum Gasteiger partial charge on any atom is -1.00 e. The standard InChI is InChI=1S/C30H41O.C22H25.C2H6Si.2ClH.Hf/c1-22-21-24-13-12-15-27(23-16-18-25(19-17-23)29(2,3)4)28(24)26(22)14-10-8-9-11-20-31-30(5,6)7;1-15(2)18-13-17-7-6-8-20(21(17)14-18)16-9-11-19(12-10-16)22(3,4)5;1-3-2;;;/h12-13,15-19,21H,8-11,14,20H2,1-7H3;6-15H,1-5H3;1-2H3;2*1H;/q;;;;;+2/p-2. The Hall–Kier alpha value is -2.01. The number of unbranched alkanes of at least 4 members (excludes halogenated alkanes) is 3. The molecule has 2 aliphatic carbocycles. The van der Waals surface area contributed by atoms with Crippen LogP contribution in [-0.2, 0) is 35.6 Å². The first kappa shape index (κ1) is 49.6. The molecule has 0 aliphatic heterocycles. The van der Waals surface area contributed by atoms with Gasteiger partial charge in [-0.2, -0.15) is 0 Å². The Morgan fingerprint density at radius 1 is 0.627 bits per heavy atom. The van der Waals surface area contributed by atoms with Crippen LogP contribution in [0.2, 0.25) is 13.1 Å². The average molecular weight is 1010 g/mol. The van der Waals surface area contributed by atoms with Crippen LogP contribution in [0.5, 0.6) is 0 Å². The number of rotatable bonds is 12. The maximum atomic E-state index is 6.07. The molecule has 6 rings (SSSR count). The molecule has 0 N–H and O–H groups in total. The minimum atomic E-state index is -2.59. The van der Waals surface area contributed by atoms with Crippen LogP contribution in [-0.4, -0.2) is 17.7 Å². The summed E-state index contributed by atoms with van der Waals surface area (Å²) >= 11 is -2.59. The number of allylic oxidation sites excluding steroid dienone is 3. The number of ether oxygens (including phenoxy) is 1. The molecule has 0 saturated heterocycles. The predicted molar refractivity (Wildman–Crippen MR) is 248 cm³/mol. The summed E-state index contributed by atoms with van der Waals surface area (Å²) in [5, 5.41) is 0. The first-order valence-corrected chi connectivity index (χ1v) is 34.0. The first-order valence-electron chi connectivity index (χ1n) is 22.0. The third-order valence-corrected chi connectivity index (χ3v) is 40.3. The molecule has 0 radical (unpaired) electrons. The van der Waals surface area contributed by atoms with E-state index in [4.69, 9.17) is 4.74 Å². The smallest absolute Gasteiger partial charge is 1.00 e. The summed E-state index contributed by atoms with van der Waals surface area (Å²) in [5.74, 6) is 0.527. The van der Waals surface area contributed by atoms with Crippen molar-refractivity contribution in [2.75, 3.05) is 6.61 Å². The van der Waals surface area contributed by atoms with E-state index in [1.54, 1.807) is 33.4 Å². The predicted octanol–water partition coefficient (Wildman–Crippen LogP) is 9.88. The zero-order valence-corrected chi connectivity index (χ0v) is 44.9. The summed E-state index contributed by atoms with van der Waals surface area (Å²) in [7, 11) is 0. The molecule has 0 saturated carbocycles. The Labute approximate surface area is 380 Å². The average Bonchev–Trinajstić information content (AvgIpc) is 3.66. The van der Waals surface area contributed by atoms with Crippen molar-refractivity contribution in [1.82, 2.24) is 0 Å². The Morgan fingerprint density at radius 3 is 1.64 bits per heavy atom. The van der Waals surface area contributed by atoms with E-state index >= 15 is 0 Å². The SMILES string of the molecule is CC1=C(CCCCCCOC(C)(C)C)c2c(-c3ccc(C(C)(C)C)cc3)cccc2[CH]1[Hf+2]([CH]1C(C(C)C)=Cc2c(-c3ccc(C(C)(C)C)cc3)cccc21)=[Si](C)C.[Cl-].[Cl-]. The van der Waals surface area contributed by atoms with Crippen LogP contribution in [0.15, 0.2) is 96.1 Å². The Kier molecular flexibility index (Phi) is 16.8. The molecule has 2 atom stereocenters. The van der Waals surface area contributed by atoms with Crippen LogP contribution < -0.4 is 24.8 Å². The second-order valence-electron chi connectivity index (χ2n) is 20.6. The van der Waals surface area contributed by atoms with E-state index < -0.39 is 25.6 Å². The summed E-state index contributed by atoms with van der Waals surface area (Å²) in [6, 6.07) is 33.7. The maximum absolute atomic E-state index is 6.07. The van der Waals surface area contributed by atoms with Crippen LogP contribution in [0, 0.1) is 5.92 Å².